The second-order valence-corrected chi connectivity index (χ2v) is 27.5. The quantitative estimate of drug-likeness (QED) is 0.0390. The molecule has 8 fully saturated rings. The Kier molecular flexibility index (Phi) is 19.0. The Bertz CT molecular complexity index is 2390. The van der Waals surface area contributed by atoms with Crippen LogP contribution in [0.3, 0.4) is 0 Å². The van der Waals surface area contributed by atoms with Crippen LogP contribution in [-0.4, -0.2) is 246 Å². The lowest BCUT2D eigenvalue weighted by atomic mass is 9.33. The van der Waals surface area contributed by atoms with Gasteiger partial charge >= 0.3 is 17.9 Å². The smallest absolute Gasteiger partial charge is 0.315 e. The topological polar surface area (TPSA) is 407 Å². The predicted molar refractivity (Wildman–Crippen MR) is 283 cm³/mol. The molecule has 4 saturated carbocycles. The van der Waals surface area contributed by atoms with Crippen molar-refractivity contribution in [3.63, 3.8) is 0 Å². The van der Waals surface area contributed by atoms with Gasteiger partial charge in [-0.2, -0.15) is 0 Å². The Balaban J connectivity index is 1.06. The van der Waals surface area contributed by atoms with Crippen molar-refractivity contribution < 1.29 is 128 Å². The number of ether oxygens (including phenoxy) is 10. The van der Waals surface area contributed by atoms with Crippen molar-refractivity contribution in [2.75, 3.05) is 26.4 Å². The number of rotatable bonds is 14. The number of aliphatic hydroxyl groups excluding tert-OH is 13. The minimum absolute atomic E-state index is 0.109. The first-order valence-electron chi connectivity index (χ1n) is 29.7. The molecule has 0 aromatic carbocycles. The molecule has 4 aliphatic heterocycles. The zero-order valence-corrected chi connectivity index (χ0v) is 49.3. The lowest BCUT2D eigenvalue weighted by molar-refractivity contribution is -0.387. The monoisotopic (exact) mass is 1200 g/mol. The summed E-state index contributed by atoms with van der Waals surface area (Å²) in [5.41, 5.74) is -3.28. The van der Waals surface area contributed by atoms with Crippen LogP contribution in [0.5, 0.6) is 0 Å². The van der Waals surface area contributed by atoms with E-state index in [0.29, 0.717) is 51.4 Å². The van der Waals surface area contributed by atoms with Crippen molar-refractivity contribution >= 4 is 17.9 Å². The van der Waals surface area contributed by atoms with Crippen LogP contribution in [-0.2, 0) is 61.8 Å². The second kappa shape index (κ2) is 24.3. The summed E-state index contributed by atoms with van der Waals surface area (Å²) in [6, 6.07) is 0. The molecule has 480 valence electrons. The molecule has 0 spiro atoms. The first-order chi connectivity index (χ1) is 39.2. The Labute approximate surface area is 488 Å². The van der Waals surface area contributed by atoms with Gasteiger partial charge in [-0.05, 0) is 104 Å². The summed E-state index contributed by atoms with van der Waals surface area (Å²) in [5, 5.41) is 142. The molecule has 13 N–H and O–H groups in total. The summed E-state index contributed by atoms with van der Waals surface area (Å²) in [6.07, 6.45) is -30.5. The summed E-state index contributed by atoms with van der Waals surface area (Å²) < 4.78 is 60.3. The molecule has 0 amide bonds. The van der Waals surface area contributed by atoms with Gasteiger partial charge < -0.3 is 114 Å². The van der Waals surface area contributed by atoms with Gasteiger partial charge in [0.1, 0.15) is 92.1 Å². The number of hydrogen-bond acceptors (Lipinski definition) is 26. The van der Waals surface area contributed by atoms with Gasteiger partial charge in [-0.15, -0.1) is 0 Å². The van der Waals surface area contributed by atoms with Crippen LogP contribution in [0.15, 0.2) is 11.6 Å². The lowest BCUT2D eigenvalue weighted by Crippen LogP contribution is -2.70. The van der Waals surface area contributed by atoms with E-state index in [-0.39, 0.29) is 30.3 Å². The number of hydrogen-bond donors (Lipinski definition) is 13. The van der Waals surface area contributed by atoms with Crippen LogP contribution in [0.25, 0.3) is 0 Å². The highest BCUT2D eigenvalue weighted by molar-refractivity contribution is 5.79. The number of carbonyl (C=O) groups excluding carboxylic acids is 3. The van der Waals surface area contributed by atoms with Crippen molar-refractivity contribution in [3.8, 4) is 0 Å². The third-order valence-electron chi connectivity index (χ3n) is 22.0. The van der Waals surface area contributed by atoms with Crippen LogP contribution in [0, 0.1) is 50.2 Å². The zero-order chi connectivity index (χ0) is 61.7. The molecule has 26 nitrogen and oxygen atoms in total. The molecule has 0 aromatic rings. The van der Waals surface area contributed by atoms with Gasteiger partial charge in [0.05, 0.1) is 43.5 Å². The minimum atomic E-state index is -2.02. The summed E-state index contributed by atoms with van der Waals surface area (Å²) in [5.74, 6) is -2.88. The van der Waals surface area contributed by atoms with E-state index in [2.05, 4.69) is 40.7 Å². The maximum atomic E-state index is 15.9. The molecule has 0 radical (unpaired) electrons. The van der Waals surface area contributed by atoms with E-state index in [0.717, 1.165) is 12.5 Å². The zero-order valence-electron chi connectivity index (χ0n) is 49.3. The maximum absolute atomic E-state index is 15.9. The molecule has 30 atom stereocenters. The van der Waals surface area contributed by atoms with Crippen molar-refractivity contribution in [2.45, 2.75) is 255 Å². The normalized spacial score (nSPS) is 51.8. The first kappa shape index (κ1) is 65.8. The molecular weight excluding hydrogens is 1110 g/mol. The fourth-order valence-corrected chi connectivity index (χ4v) is 17.0. The maximum Gasteiger partial charge on any atom is 0.315 e. The Morgan fingerprint density at radius 1 is 0.571 bits per heavy atom. The fraction of sp³-hybridized carbons (Fsp3) is 0.914. The molecular formula is C58H92O26. The van der Waals surface area contributed by atoms with E-state index in [9.17, 15) is 76.0 Å². The first-order valence-corrected chi connectivity index (χ1v) is 29.7. The molecule has 0 bridgehead atoms. The molecule has 9 aliphatic rings. The van der Waals surface area contributed by atoms with E-state index in [1.807, 2.05) is 6.92 Å². The molecule has 26 heteroatoms. The fourth-order valence-electron chi connectivity index (χ4n) is 17.0. The van der Waals surface area contributed by atoms with Crippen LogP contribution in [0.4, 0.5) is 0 Å². The largest absolute Gasteiger partial charge is 0.465 e. The van der Waals surface area contributed by atoms with E-state index < -0.39 is 206 Å². The molecule has 84 heavy (non-hydrogen) atoms. The minimum Gasteiger partial charge on any atom is -0.465 e. The summed E-state index contributed by atoms with van der Waals surface area (Å²) >= 11 is 0. The van der Waals surface area contributed by atoms with E-state index in [1.165, 1.54) is 13.8 Å². The van der Waals surface area contributed by atoms with Crippen LogP contribution in [0.1, 0.15) is 120 Å². The van der Waals surface area contributed by atoms with Crippen LogP contribution in [0.2, 0.25) is 0 Å². The molecule has 5 aliphatic carbocycles. The number of allylic oxidation sites excluding steroid dienone is 2. The van der Waals surface area contributed by atoms with Gasteiger partial charge in [0, 0.05) is 19.3 Å². The summed E-state index contributed by atoms with van der Waals surface area (Å²) in [6.45, 7) is 14.3. The van der Waals surface area contributed by atoms with Crippen molar-refractivity contribution in [3.05, 3.63) is 11.6 Å². The van der Waals surface area contributed by atoms with Crippen LogP contribution < -0.4 is 0 Å². The predicted octanol–water partition coefficient (Wildman–Crippen LogP) is -1.92. The van der Waals surface area contributed by atoms with Crippen LogP contribution >= 0.6 is 0 Å². The van der Waals surface area contributed by atoms with E-state index in [1.54, 1.807) is 0 Å². The average molecular weight is 1210 g/mol. The molecule has 0 unspecified atom stereocenters. The van der Waals surface area contributed by atoms with Crippen molar-refractivity contribution in [1.29, 1.82) is 0 Å². The average Bonchev–Trinajstić information content (AvgIpc) is 0.697. The molecule has 0 aromatic heterocycles. The lowest BCUT2D eigenvalue weighted by Gasteiger charge is -2.71. The van der Waals surface area contributed by atoms with Gasteiger partial charge in [-0.3, -0.25) is 14.4 Å². The summed E-state index contributed by atoms with van der Waals surface area (Å²) in [7, 11) is 0. The van der Waals surface area contributed by atoms with Crippen molar-refractivity contribution in [2.24, 2.45) is 50.2 Å². The molecule has 4 saturated heterocycles. The summed E-state index contributed by atoms with van der Waals surface area (Å²) in [4.78, 5) is 40.8. The number of fused-ring (bicyclic) bond motifs is 7. The molecule has 4 heterocycles. The van der Waals surface area contributed by atoms with Gasteiger partial charge in [0.2, 0.25) is 6.29 Å². The Morgan fingerprint density at radius 2 is 1.11 bits per heavy atom. The third-order valence-corrected chi connectivity index (χ3v) is 22.0. The third kappa shape index (κ3) is 11.2. The number of esters is 3. The Hall–Kier alpha value is -2.65. The van der Waals surface area contributed by atoms with Gasteiger partial charge in [-0.25, -0.2) is 0 Å². The van der Waals surface area contributed by atoms with E-state index in [4.69, 9.17) is 47.4 Å². The second-order valence-electron chi connectivity index (χ2n) is 27.5. The van der Waals surface area contributed by atoms with Gasteiger partial charge in [0.25, 0.3) is 0 Å². The number of aliphatic hydroxyl groups is 13. The van der Waals surface area contributed by atoms with Gasteiger partial charge in [-0.1, -0.05) is 53.2 Å². The highest BCUT2D eigenvalue weighted by Gasteiger charge is 2.72. The van der Waals surface area contributed by atoms with Crippen molar-refractivity contribution in [1.82, 2.24) is 0 Å². The standard InChI is InChI=1S/C58H92O26/c1-24-35(64)39(68)42(71)48(77-24)82-46-45(81-49-43(72)40(69)36(65)30(20-59)78-49)38(67)32(22-75-25(2)61)80-51(46)84-52(74)58-16-14-53(4,5)18-28(58)27-10-11-34-54(6)19-29(63)47(83-50-44(73)41(70)37(66)31(21-60)79-50)55(7,23-76-26(3)62)33(54)12-13-57(34,9)56(27,8)15-17-58/h10,24,28-51,59-60,63-73H,11-23H2,1-9H3/t24-,28-,29-,30+,31+,32+,33+,34+,35-,36-,37+,38+,39+,40-,41-,42+,43+,44+,45-,46+,47-,48-,49-,50-,51-,54+,55-,56+,57+,58-/m0/s1. The molecule has 9 rings (SSSR count). The SMILES string of the molecule is CC(=O)OC[C@H]1O[C@@H](OC(=O)[C@]23CCC(C)(C)C[C@H]2C2=CC[C@@H]4[C@]5(C)C[C@H](O)[C@H](O[C@@H]6O[C@H](CO)[C@@H](O)[C@H](O)[C@H]6O)[C@@](C)(COC(C)=O)[C@@H]5CC[C@@]4(C)[C@]2(C)CC3)[C@H](O[C@@H]2O[C@@H](C)[C@H](O)[C@@H](O)[C@H]2O)[C@@H](O[C@@H]2O[C@H](CO)[C@H](O)[C@H](O)[C@H]2O)[C@@H]1O. The Morgan fingerprint density at radius 3 is 1.69 bits per heavy atom. The highest BCUT2D eigenvalue weighted by atomic mass is 16.8. The van der Waals surface area contributed by atoms with Gasteiger partial charge in [0.15, 0.2) is 25.0 Å². The highest BCUT2D eigenvalue weighted by Crippen LogP contribution is 2.76. The van der Waals surface area contributed by atoms with E-state index >= 15 is 4.79 Å². The number of carbonyl (C=O) groups is 3.